The van der Waals surface area contributed by atoms with Gasteiger partial charge in [-0.3, -0.25) is 23.5 Å². The van der Waals surface area contributed by atoms with Crippen LogP contribution in [0.5, 0.6) is 0 Å². The number of hydrogen-bond acceptors (Lipinski definition) is 5. The van der Waals surface area contributed by atoms with Crippen LogP contribution >= 0.6 is 11.3 Å². The van der Waals surface area contributed by atoms with Crippen molar-refractivity contribution in [2.24, 2.45) is 23.5 Å². The molecule has 2 fully saturated rings. The van der Waals surface area contributed by atoms with Crippen LogP contribution in [0.1, 0.15) is 45.4 Å². The Labute approximate surface area is 184 Å². The normalized spacial score (nSPS) is 22.7. The maximum atomic E-state index is 13.0. The monoisotopic (exact) mass is 446 g/mol. The average Bonchev–Trinajstić information content (AvgIpc) is 3.25. The molecule has 1 aliphatic carbocycles. The molecule has 9 heteroatoms. The van der Waals surface area contributed by atoms with E-state index in [1.54, 1.807) is 11.4 Å². The Bertz CT molecular complexity index is 1090. The van der Waals surface area contributed by atoms with Crippen LogP contribution < -0.4 is 17.0 Å². The molecule has 1 aliphatic heterocycles. The molecule has 1 saturated heterocycles. The van der Waals surface area contributed by atoms with Gasteiger partial charge < -0.3 is 10.6 Å². The lowest BCUT2D eigenvalue weighted by atomic mass is 9.81. The van der Waals surface area contributed by atoms with Crippen molar-refractivity contribution in [1.82, 2.24) is 14.0 Å². The number of piperidine rings is 1. The second-order valence-corrected chi connectivity index (χ2v) is 10.0. The predicted octanol–water partition coefficient (Wildman–Crippen LogP) is 1.77. The molecule has 2 aromatic rings. The molecule has 0 spiro atoms. The van der Waals surface area contributed by atoms with Crippen molar-refractivity contribution in [2.45, 2.75) is 58.5 Å². The lowest BCUT2D eigenvalue weighted by Gasteiger charge is -2.35. The Morgan fingerprint density at radius 1 is 1.06 bits per heavy atom. The number of primary amides is 1. The third-order valence-corrected chi connectivity index (χ3v) is 7.77. The number of amides is 2. The van der Waals surface area contributed by atoms with E-state index in [1.807, 2.05) is 4.90 Å². The van der Waals surface area contributed by atoms with Gasteiger partial charge in [0.1, 0.15) is 11.2 Å². The molecule has 2 aliphatic rings. The van der Waals surface area contributed by atoms with Gasteiger partial charge in [-0.15, -0.1) is 11.3 Å². The van der Waals surface area contributed by atoms with E-state index in [9.17, 15) is 19.2 Å². The van der Waals surface area contributed by atoms with Crippen molar-refractivity contribution < 1.29 is 9.59 Å². The molecule has 4 rings (SSSR count). The fourth-order valence-electron chi connectivity index (χ4n) is 4.94. The summed E-state index contributed by atoms with van der Waals surface area (Å²) in [6.07, 6.45) is 5.36. The Morgan fingerprint density at radius 2 is 1.74 bits per heavy atom. The third kappa shape index (κ3) is 4.46. The number of hydrogen-bond donors (Lipinski definition) is 1. The van der Waals surface area contributed by atoms with Crippen LogP contribution in [-0.2, 0) is 22.7 Å². The maximum Gasteiger partial charge on any atom is 0.332 e. The minimum atomic E-state index is -0.620. The number of nitrogens with zero attached hydrogens (tertiary/aromatic N) is 3. The molecular weight excluding hydrogens is 416 g/mol. The van der Waals surface area contributed by atoms with E-state index in [1.165, 1.54) is 20.5 Å². The summed E-state index contributed by atoms with van der Waals surface area (Å²) in [7, 11) is 0. The van der Waals surface area contributed by atoms with Gasteiger partial charge in [0.25, 0.3) is 5.56 Å². The van der Waals surface area contributed by atoms with E-state index >= 15 is 0 Å². The smallest absolute Gasteiger partial charge is 0.332 e. The van der Waals surface area contributed by atoms with Crippen molar-refractivity contribution in [3.8, 4) is 0 Å². The topological polar surface area (TPSA) is 107 Å². The summed E-state index contributed by atoms with van der Waals surface area (Å²) in [5, 5.41) is 1.74. The summed E-state index contributed by atoms with van der Waals surface area (Å²) in [5.74, 6) is 0.553. The van der Waals surface area contributed by atoms with Gasteiger partial charge >= 0.3 is 5.69 Å². The number of thiophene rings is 1. The van der Waals surface area contributed by atoms with E-state index in [2.05, 4.69) is 6.92 Å². The molecule has 2 amide bonds. The molecule has 0 bridgehead atoms. The maximum absolute atomic E-state index is 13.0. The molecule has 168 valence electrons. The van der Waals surface area contributed by atoms with Crippen LogP contribution in [-0.4, -0.2) is 38.9 Å². The zero-order valence-corrected chi connectivity index (χ0v) is 18.7. The molecule has 31 heavy (non-hydrogen) atoms. The van der Waals surface area contributed by atoms with E-state index in [-0.39, 0.29) is 29.8 Å². The van der Waals surface area contributed by atoms with Crippen LogP contribution in [0.4, 0.5) is 0 Å². The van der Waals surface area contributed by atoms with Crippen LogP contribution in [0, 0.1) is 17.8 Å². The number of rotatable bonds is 5. The van der Waals surface area contributed by atoms with Crippen molar-refractivity contribution in [3.05, 3.63) is 32.3 Å². The Morgan fingerprint density at radius 3 is 2.39 bits per heavy atom. The summed E-state index contributed by atoms with van der Waals surface area (Å²) in [4.78, 5) is 52.2. The van der Waals surface area contributed by atoms with Gasteiger partial charge in [0, 0.05) is 25.6 Å². The van der Waals surface area contributed by atoms with E-state index < -0.39 is 11.6 Å². The highest BCUT2D eigenvalue weighted by atomic mass is 32.1. The van der Waals surface area contributed by atoms with Gasteiger partial charge in [0.05, 0.1) is 5.52 Å². The Kier molecular flexibility index (Phi) is 6.31. The standard InChI is InChI=1S/C22H30N4O4S/c1-14-6-9-24(10-7-14)20(28)16-4-2-15(3-5-16)12-26-21(29)19-17(8-11-31-19)25(22(26)30)13-18(23)27/h8,11,14-16H,2-7,9-10,12-13H2,1H3,(H2,23,27). The fraction of sp³-hybridized carbons (Fsp3) is 0.636. The summed E-state index contributed by atoms with van der Waals surface area (Å²) < 4.78 is 3.01. The summed E-state index contributed by atoms with van der Waals surface area (Å²) >= 11 is 1.26. The highest BCUT2D eigenvalue weighted by Crippen LogP contribution is 2.32. The molecule has 0 atom stereocenters. The summed E-state index contributed by atoms with van der Waals surface area (Å²) in [6, 6.07) is 1.67. The molecule has 0 unspecified atom stereocenters. The highest BCUT2D eigenvalue weighted by molar-refractivity contribution is 7.17. The number of aromatic nitrogens is 2. The van der Waals surface area contributed by atoms with Crippen molar-refractivity contribution >= 4 is 33.4 Å². The van der Waals surface area contributed by atoms with Gasteiger partial charge in [0.2, 0.25) is 11.8 Å². The van der Waals surface area contributed by atoms with E-state index in [0.29, 0.717) is 22.7 Å². The lowest BCUT2D eigenvalue weighted by Crippen LogP contribution is -2.44. The molecule has 2 N–H and O–H groups in total. The minimum Gasteiger partial charge on any atom is -0.368 e. The second-order valence-electron chi connectivity index (χ2n) is 9.11. The summed E-state index contributed by atoms with van der Waals surface area (Å²) in [6.45, 7) is 4.01. The molecule has 2 aromatic heterocycles. The quantitative estimate of drug-likeness (QED) is 0.755. The first-order valence-corrected chi connectivity index (χ1v) is 12.0. The van der Waals surface area contributed by atoms with Crippen molar-refractivity contribution in [1.29, 1.82) is 0 Å². The average molecular weight is 447 g/mol. The van der Waals surface area contributed by atoms with E-state index in [4.69, 9.17) is 5.73 Å². The van der Waals surface area contributed by atoms with Crippen LogP contribution in [0.25, 0.3) is 10.2 Å². The summed E-state index contributed by atoms with van der Waals surface area (Å²) in [5.41, 5.74) is 4.98. The largest absolute Gasteiger partial charge is 0.368 e. The molecule has 8 nitrogen and oxygen atoms in total. The predicted molar refractivity (Wildman–Crippen MR) is 120 cm³/mol. The lowest BCUT2D eigenvalue weighted by molar-refractivity contribution is -0.138. The second kappa shape index (κ2) is 8.98. The van der Waals surface area contributed by atoms with Gasteiger partial charge in [-0.1, -0.05) is 6.92 Å². The fourth-order valence-corrected chi connectivity index (χ4v) is 5.78. The zero-order valence-electron chi connectivity index (χ0n) is 17.9. The van der Waals surface area contributed by atoms with Gasteiger partial charge in [-0.25, -0.2) is 4.79 Å². The van der Waals surface area contributed by atoms with Crippen LogP contribution in [0.2, 0.25) is 0 Å². The number of fused-ring (bicyclic) bond motifs is 1. The van der Waals surface area contributed by atoms with E-state index in [0.717, 1.165) is 51.6 Å². The molecule has 1 saturated carbocycles. The molecule has 0 aromatic carbocycles. The number of carbonyl (C=O) groups is 2. The van der Waals surface area contributed by atoms with Crippen molar-refractivity contribution in [3.63, 3.8) is 0 Å². The first-order chi connectivity index (χ1) is 14.8. The third-order valence-electron chi connectivity index (χ3n) is 6.88. The highest BCUT2D eigenvalue weighted by Gasteiger charge is 2.31. The van der Waals surface area contributed by atoms with Crippen LogP contribution in [0.15, 0.2) is 21.0 Å². The number of nitrogens with two attached hydrogens (primary N) is 1. The first-order valence-electron chi connectivity index (χ1n) is 11.1. The first kappa shape index (κ1) is 21.8. The molecule has 0 radical (unpaired) electrons. The molecular formula is C22H30N4O4S. The SMILES string of the molecule is CC1CCN(C(=O)C2CCC(Cn3c(=O)c4sccc4n(CC(N)=O)c3=O)CC2)CC1. The number of likely N-dealkylation sites (tertiary alicyclic amines) is 1. The Hall–Kier alpha value is -2.42. The van der Waals surface area contributed by atoms with Crippen molar-refractivity contribution in [2.75, 3.05) is 13.1 Å². The molecule has 3 heterocycles. The van der Waals surface area contributed by atoms with Gasteiger partial charge in [0.15, 0.2) is 0 Å². The Balaban J connectivity index is 1.46. The van der Waals surface area contributed by atoms with Gasteiger partial charge in [-0.05, 0) is 61.8 Å². The van der Waals surface area contributed by atoms with Crippen LogP contribution in [0.3, 0.4) is 0 Å². The zero-order chi connectivity index (χ0) is 22.1. The number of carbonyl (C=O) groups excluding carboxylic acids is 2. The van der Waals surface area contributed by atoms with Gasteiger partial charge in [-0.2, -0.15) is 0 Å². The minimum absolute atomic E-state index is 0.0488.